The Morgan fingerprint density at radius 2 is 1.70 bits per heavy atom. The van der Waals surface area contributed by atoms with Crippen LogP contribution < -0.4 is 5.32 Å². The van der Waals surface area contributed by atoms with Gasteiger partial charge < -0.3 is 5.32 Å². The van der Waals surface area contributed by atoms with Crippen LogP contribution in [0.5, 0.6) is 0 Å². The summed E-state index contributed by atoms with van der Waals surface area (Å²) in [5.74, 6) is 0. The molecule has 0 aromatic carbocycles. The molecule has 0 saturated heterocycles. The van der Waals surface area contributed by atoms with Crippen molar-refractivity contribution in [3.63, 3.8) is 0 Å². The van der Waals surface area contributed by atoms with Crippen molar-refractivity contribution < 1.29 is 8.42 Å². The molecule has 0 bridgehead atoms. The van der Waals surface area contributed by atoms with Crippen molar-refractivity contribution in [2.75, 3.05) is 13.3 Å². The summed E-state index contributed by atoms with van der Waals surface area (Å²) in [7, 11) is -1.12. The monoisotopic (exact) mass is 165 g/mol. The molecule has 0 aliphatic heterocycles. The van der Waals surface area contributed by atoms with E-state index in [0.29, 0.717) is 0 Å². The molecule has 0 saturated carbocycles. The molecule has 0 rings (SSSR count). The van der Waals surface area contributed by atoms with Crippen LogP contribution in [0, 0.1) is 0 Å². The van der Waals surface area contributed by atoms with E-state index in [2.05, 4.69) is 5.32 Å². The van der Waals surface area contributed by atoms with Crippen LogP contribution in [0.15, 0.2) is 0 Å². The lowest BCUT2D eigenvalue weighted by Gasteiger charge is -2.16. The molecular weight excluding hydrogens is 150 g/mol. The van der Waals surface area contributed by atoms with Gasteiger partial charge >= 0.3 is 0 Å². The first-order chi connectivity index (χ1) is 4.39. The third kappa shape index (κ3) is 2.66. The highest BCUT2D eigenvalue weighted by Gasteiger charge is 2.19. The van der Waals surface area contributed by atoms with Gasteiger partial charge in [-0.15, -0.1) is 0 Å². The Morgan fingerprint density at radius 1 is 1.30 bits per heavy atom. The van der Waals surface area contributed by atoms with Gasteiger partial charge in [0.05, 0.1) is 5.25 Å². The fourth-order valence-electron chi connectivity index (χ4n) is 0.605. The Balaban J connectivity index is 4.23. The highest BCUT2D eigenvalue weighted by molar-refractivity contribution is 7.91. The van der Waals surface area contributed by atoms with Crippen molar-refractivity contribution in [1.82, 2.24) is 5.32 Å². The van der Waals surface area contributed by atoms with E-state index < -0.39 is 9.84 Å². The molecule has 0 aromatic heterocycles. The topological polar surface area (TPSA) is 46.2 Å². The molecule has 0 radical (unpaired) electrons. The summed E-state index contributed by atoms with van der Waals surface area (Å²) in [4.78, 5) is 0. The van der Waals surface area contributed by atoms with Crippen molar-refractivity contribution in [2.24, 2.45) is 0 Å². The lowest BCUT2D eigenvalue weighted by molar-refractivity contribution is 0.544. The minimum atomic E-state index is -2.88. The van der Waals surface area contributed by atoms with Crippen LogP contribution in [0.2, 0.25) is 0 Å². The Bertz CT molecular complexity index is 186. The molecule has 0 spiro atoms. The lowest BCUT2D eigenvalue weighted by Crippen LogP contribution is -2.37. The molecule has 0 aromatic rings. The first kappa shape index (κ1) is 9.91. The molecule has 0 aliphatic rings. The minimum absolute atomic E-state index is 0.0231. The summed E-state index contributed by atoms with van der Waals surface area (Å²) in [6.45, 7) is 3.56. The van der Waals surface area contributed by atoms with Gasteiger partial charge in [-0.05, 0) is 20.9 Å². The maximum atomic E-state index is 10.9. The fraction of sp³-hybridized carbons (Fsp3) is 1.00. The third-order valence-electron chi connectivity index (χ3n) is 1.83. The van der Waals surface area contributed by atoms with Crippen molar-refractivity contribution in [3.05, 3.63) is 0 Å². The molecule has 62 valence electrons. The number of hydrogen-bond acceptors (Lipinski definition) is 3. The van der Waals surface area contributed by atoms with Crippen LogP contribution in [0.25, 0.3) is 0 Å². The van der Waals surface area contributed by atoms with Crippen molar-refractivity contribution in [2.45, 2.75) is 25.1 Å². The number of sulfone groups is 1. The smallest absolute Gasteiger partial charge is 0.151 e. The Labute approximate surface area is 62.7 Å². The van der Waals surface area contributed by atoms with Gasteiger partial charge in [0.25, 0.3) is 0 Å². The van der Waals surface area contributed by atoms with Crippen molar-refractivity contribution in [1.29, 1.82) is 0 Å². The average Bonchev–Trinajstić information content (AvgIpc) is 1.83. The van der Waals surface area contributed by atoms with Gasteiger partial charge in [0.15, 0.2) is 9.84 Å². The molecule has 0 fully saturated rings. The predicted octanol–water partition coefficient (Wildman–Crippen LogP) is 0.0274. The summed E-state index contributed by atoms with van der Waals surface area (Å²) >= 11 is 0. The summed E-state index contributed by atoms with van der Waals surface area (Å²) in [6.07, 6.45) is 1.26. The second-order valence-corrected chi connectivity index (χ2v) is 5.01. The fourth-order valence-corrected chi connectivity index (χ4v) is 1.48. The van der Waals surface area contributed by atoms with Gasteiger partial charge in [-0.2, -0.15) is 0 Å². The molecule has 1 N–H and O–H groups in total. The molecule has 3 nitrogen and oxygen atoms in total. The summed E-state index contributed by atoms with van der Waals surface area (Å²) < 4.78 is 21.8. The first-order valence-electron chi connectivity index (χ1n) is 3.25. The van der Waals surface area contributed by atoms with Crippen LogP contribution >= 0.6 is 0 Å². The summed E-state index contributed by atoms with van der Waals surface area (Å²) in [5.41, 5.74) is 0. The summed E-state index contributed by atoms with van der Waals surface area (Å²) in [6, 6.07) is 0.0231. The second-order valence-electron chi connectivity index (χ2n) is 2.61. The van der Waals surface area contributed by atoms with Crippen molar-refractivity contribution in [3.8, 4) is 0 Å². The zero-order chi connectivity index (χ0) is 8.36. The molecular formula is C6H15NO2S. The van der Waals surface area contributed by atoms with E-state index in [4.69, 9.17) is 0 Å². The van der Waals surface area contributed by atoms with Gasteiger partial charge in [-0.3, -0.25) is 0 Å². The quantitative estimate of drug-likeness (QED) is 0.641. The van der Waals surface area contributed by atoms with Crippen LogP contribution in [-0.2, 0) is 9.84 Å². The van der Waals surface area contributed by atoms with E-state index in [0.717, 1.165) is 0 Å². The van der Waals surface area contributed by atoms with E-state index in [1.807, 2.05) is 6.92 Å². The highest BCUT2D eigenvalue weighted by Crippen LogP contribution is 2.02. The second kappa shape index (κ2) is 3.34. The first-order valence-corrected chi connectivity index (χ1v) is 5.21. The summed E-state index contributed by atoms with van der Waals surface area (Å²) in [5, 5.41) is 2.58. The maximum absolute atomic E-state index is 10.9. The molecule has 2 atom stereocenters. The van der Waals surface area contributed by atoms with Crippen LogP contribution in [0.1, 0.15) is 13.8 Å². The van der Waals surface area contributed by atoms with Crippen LogP contribution in [-0.4, -0.2) is 33.0 Å². The van der Waals surface area contributed by atoms with Gasteiger partial charge in [0.2, 0.25) is 0 Å². The Hall–Kier alpha value is -0.0900. The Morgan fingerprint density at radius 3 is 1.80 bits per heavy atom. The van der Waals surface area contributed by atoms with Crippen molar-refractivity contribution >= 4 is 9.84 Å². The lowest BCUT2D eigenvalue weighted by atomic mass is 10.3. The molecule has 0 heterocycles. The number of rotatable bonds is 3. The number of hydrogen-bond donors (Lipinski definition) is 1. The van der Waals surface area contributed by atoms with E-state index >= 15 is 0 Å². The zero-order valence-corrected chi connectivity index (χ0v) is 7.70. The van der Waals surface area contributed by atoms with Gasteiger partial charge in [0.1, 0.15) is 0 Å². The standard InChI is InChI=1S/C6H15NO2S/c1-5(7-3)6(2)10(4,8)9/h5-7H,1-4H3/t5-,6+/m0/s1. The molecule has 0 unspecified atom stereocenters. The molecule has 0 aliphatic carbocycles. The molecule has 4 heteroatoms. The minimum Gasteiger partial charge on any atom is -0.316 e. The number of nitrogens with one attached hydrogen (secondary N) is 1. The largest absolute Gasteiger partial charge is 0.316 e. The van der Waals surface area contributed by atoms with E-state index in [1.54, 1.807) is 14.0 Å². The van der Waals surface area contributed by atoms with E-state index in [9.17, 15) is 8.42 Å². The van der Waals surface area contributed by atoms with E-state index in [1.165, 1.54) is 6.26 Å². The zero-order valence-electron chi connectivity index (χ0n) is 6.88. The SMILES string of the molecule is CN[C@@H](C)[C@@H](C)S(C)(=O)=O. The highest BCUT2D eigenvalue weighted by atomic mass is 32.2. The molecule has 10 heavy (non-hydrogen) atoms. The maximum Gasteiger partial charge on any atom is 0.151 e. The van der Waals surface area contributed by atoms with E-state index in [-0.39, 0.29) is 11.3 Å². The Kier molecular flexibility index (Phi) is 3.31. The van der Waals surface area contributed by atoms with Crippen LogP contribution in [0.4, 0.5) is 0 Å². The third-order valence-corrected chi connectivity index (χ3v) is 3.59. The average molecular weight is 165 g/mol. The normalized spacial score (nSPS) is 18.4. The predicted molar refractivity (Wildman–Crippen MR) is 42.8 cm³/mol. The van der Waals surface area contributed by atoms with Gasteiger partial charge in [-0.1, -0.05) is 0 Å². The van der Waals surface area contributed by atoms with Gasteiger partial charge in [-0.25, -0.2) is 8.42 Å². The molecule has 0 amide bonds. The van der Waals surface area contributed by atoms with Crippen LogP contribution in [0.3, 0.4) is 0 Å². The van der Waals surface area contributed by atoms with Gasteiger partial charge in [0, 0.05) is 12.3 Å².